The third-order valence-electron chi connectivity index (χ3n) is 3.53. The van der Waals surface area contributed by atoms with E-state index in [9.17, 15) is 8.42 Å². The Bertz CT molecular complexity index is 589. The lowest BCUT2D eigenvalue weighted by Crippen LogP contribution is -2.31. The van der Waals surface area contributed by atoms with Crippen LogP contribution in [-0.4, -0.2) is 31.9 Å². The fraction of sp³-hybridized carbons (Fsp3) is 0.600. The minimum Gasteiger partial charge on any atom is -0.309 e. The van der Waals surface area contributed by atoms with Gasteiger partial charge in [0.05, 0.1) is 0 Å². The van der Waals surface area contributed by atoms with Crippen molar-refractivity contribution in [2.75, 3.05) is 13.1 Å². The molecule has 1 aliphatic carbocycles. The van der Waals surface area contributed by atoms with E-state index < -0.39 is 10.0 Å². The maximum absolute atomic E-state index is 12.7. The van der Waals surface area contributed by atoms with Crippen molar-refractivity contribution < 1.29 is 8.42 Å². The van der Waals surface area contributed by atoms with Gasteiger partial charge in [-0.1, -0.05) is 13.0 Å². The Morgan fingerprint density at radius 1 is 1.52 bits per heavy atom. The number of aryl methyl sites for hydroxylation is 1. The largest absolute Gasteiger partial charge is 0.309 e. The van der Waals surface area contributed by atoms with E-state index in [1.807, 2.05) is 13.8 Å². The first kappa shape index (κ1) is 16.7. The molecule has 1 aliphatic rings. The van der Waals surface area contributed by atoms with Gasteiger partial charge < -0.3 is 5.32 Å². The van der Waals surface area contributed by atoms with Gasteiger partial charge in [-0.25, -0.2) is 8.42 Å². The molecule has 1 aromatic rings. The van der Waals surface area contributed by atoms with Crippen molar-refractivity contribution in [3.05, 3.63) is 29.2 Å². The van der Waals surface area contributed by atoms with Gasteiger partial charge in [0, 0.05) is 30.6 Å². The molecule has 1 saturated carbocycles. The highest BCUT2D eigenvalue weighted by Crippen LogP contribution is 2.29. The topological polar surface area (TPSA) is 49.4 Å². The van der Waals surface area contributed by atoms with E-state index >= 15 is 0 Å². The molecule has 1 N–H and O–H groups in total. The Morgan fingerprint density at radius 3 is 2.81 bits per heavy atom. The highest BCUT2D eigenvalue weighted by Gasteiger charge is 2.26. The molecule has 1 aromatic heterocycles. The average Bonchev–Trinajstić information content (AvgIpc) is 3.19. The van der Waals surface area contributed by atoms with Gasteiger partial charge in [-0.05, 0) is 37.8 Å². The maximum atomic E-state index is 12.7. The van der Waals surface area contributed by atoms with Crippen LogP contribution in [0.25, 0.3) is 0 Å². The minimum absolute atomic E-state index is 0.364. The van der Waals surface area contributed by atoms with E-state index in [-0.39, 0.29) is 0 Å². The van der Waals surface area contributed by atoms with Crippen molar-refractivity contribution in [2.24, 2.45) is 0 Å². The summed E-state index contributed by atoms with van der Waals surface area (Å²) in [5, 5.41) is 3.44. The van der Waals surface area contributed by atoms with E-state index in [4.69, 9.17) is 0 Å². The molecule has 1 heterocycles. The SMILES string of the molecule is C=CCN(CCC)S(=O)(=O)c1cc(C)c(CNC2CC2)s1. The van der Waals surface area contributed by atoms with Gasteiger partial charge in [-0.2, -0.15) is 4.31 Å². The molecule has 4 nitrogen and oxygen atoms in total. The minimum atomic E-state index is -3.40. The zero-order valence-corrected chi connectivity index (χ0v) is 14.4. The van der Waals surface area contributed by atoms with Crippen LogP contribution in [-0.2, 0) is 16.6 Å². The molecule has 0 aliphatic heterocycles. The van der Waals surface area contributed by atoms with Crippen molar-refractivity contribution in [3.63, 3.8) is 0 Å². The summed E-state index contributed by atoms with van der Waals surface area (Å²) < 4.78 is 27.3. The Kier molecular flexibility index (Phi) is 5.60. The van der Waals surface area contributed by atoms with Gasteiger partial charge >= 0.3 is 0 Å². The first-order chi connectivity index (χ1) is 9.98. The molecule has 0 spiro atoms. The van der Waals surface area contributed by atoms with Crippen molar-refractivity contribution in [1.82, 2.24) is 9.62 Å². The highest BCUT2D eigenvalue weighted by atomic mass is 32.2. The smallest absolute Gasteiger partial charge is 0.252 e. The van der Waals surface area contributed by atoms with Crippen LogP contribution < -0.4 is 5.32 Å². The number of hydrogen-bond donors (Lipinski definition) is 1. The van der Waals surface area contributed by atoms with Gasteiger partial charge in [0.2, 0.25) is 0 Å². The monoisotopic (exact) mass is 328 g/mol. The molecule has 0 saturated heterocycles. The van der Waals surface area contributed by atoms with E-state index in [2.05, 4.69) is 11.9 Å². The number of nitrogens with one attached hydrogen (secondary N) is 1. The zero-order valence-electron chi connectivity index (χ0n) is 12.8. The van der Waals surface area contributed by atoms with Crippen LogP contribution in [0.3, 0.4) is 0 Å². The summed E-state index contributed by atoms with van der Waals surface area (Å²) in [6.07, 6.45) is 4.91. The van der Waals surface area contributed by atoms with Crippen LogP contribution in [0.4, 0.5) is 0 Å². The second-order valence-electron chi connectivity index (χ2n) is 5.48. The van der Waals surface area contributed by atoms with Gasteiger partial charge in [0.15, 0.2) is 0 Å². The van der Waals surface area contributed by atoms with Crippen molar-refractivity contribution in [2.45, 2.75) is 49.9 Å². The van der Waals surface area contributed by atoms with Crippen molar-refractivity contribution in [3.8, 4) is 0 Å². The molecule has 0 aromatic carbocycles. The summed E-state index contributed by atoms with van der Waals surface area (Å²) in [5.41, 5.74) is 1.06. The number of hydrogen-bond acceptors (Lipinski definition) is 4. The van der Waals surface area contributed by atoms with E-state index in [0.717, 1.165) is 23.4 Å². The molecule has 0 radical (unpaired) electrons. The molecule has 21 heavy (non-hydrogen) atoms. The lowest BCUT2D eigenvalue weighted by molar-refractivity contribution is 0.443. The fourth-order valence-corrected chi connectivity index (χ4v) is 5.34. The fourth-order valence-electron chi connectivity index (χ4n) is 2.15. The molecule has 118 valence electrons. The first-order valence-corrected chi connectivity index (χ1v) is 9.68. The molecule has 6 heteroatoms. The van der Waals surface area contributed by atoms with Crippen LogP contribution >= 0.6 is 11.3 Å². The number of thiophene rings is 1. The Labute approximate surface area is 131 Å². The second kappa shape index (κ2) is 7.05. The molecule has 0 bridgehead atoms. The molecule has 0 atom stereocenters. The third kappa shape index (κ3) is 4.16. The van der Waals surface area contributed by atoms with Crippen LogP contribution in [0.2, 0.25) is 0 Å². The standard InChI is InChI=1S/C15H24N2O2S2/c1-4-8-17(9-5-2)21(18,19)15-10-12(3)14(20-15)11-16-13-6-7-13/h4,10,13,16H,1,5-9,11H2,2-3H3. The summed E-state index contributed by atoms with van der Waals surface area (Å²) in [5.74, 6) is 0. The molecular weight excluding hydrogens is 304 g/mol. The summed E-state index contributed by atoms with van der Waals surface area (Å²) in [7, 11) is -3.40. The second-order valence-corrected chi connectivity index (χ2v) is 8.78. The molecule has 0 amide bonds. The van der Waals surface area contributed by atoms with Gasteiger partial charge in [-0.3, -0.25) is 0 Å². The van der Waals surface area contributed by atoms with E-state index in [1.54, 1.807) is 12.1 Å². The zero-order chi connectivity index (χ0) is 15.5. The Balaban J connectivity index is 2.17. The highest BCUT2D eigenvalue weighted by molar-refractivity contribution is 7.91. The summed E-state index contributed by atoms with van der Waals surface area (Å²) in [6, 6.07) is 2.43. The van der Waals surface area contributed by atoms with Crippen LogP contribution in [0.15, 0.2) is 22.9 Å². The lowest BCUT2D eigenvalue weighted by atomic mass is 10.3. The van der Waals surface area contributed by atoms with E-state index in [0.29, 0.717) is 23.3 Å². The number of nitrogens with zero attached hydrogens (tertiary/aromatic N) is 1. The van der Waals surface area contributed by atoms with Crippen molar-refractivity contribution >= 4 is 21.4 Å². The summed E-state index contributed by atoms with van der Waals surface area (Å²) in [6.45, 7) is 9.28. The van der Waals surface area contributed by atoms with Crippen molar-refractivity contribution in [1.29, 1.82) is 0 Å². The Morgan fingerprint density at radius 2 is 2.24 bits per heavy atom. The van der Waals surface area contributed by atoms with Crippen LogP contribution in [0.1, 0.15) is 36.6 Å². The third-order valence-corrected chi connectivity index (χ3v) is 7.08. The Hall–Kier alpha value is -0.690. The quantitative estimate of drug-likeness (QED) is 0.709. The normalized spacial score (nSPS) is 15.6. The molecule has 0 unspecified atom stereocenters. The van der Waals surface area contributed by atoms with Gasteiger partial charge in [0.25, 0.3) is 10.0 Å². The first-order valence-electron chi connectivity index (χ1n) is 7.42. The maximum Gasteiger partial charge on any atom is 0.252 e. The molecular formula is C15H24N2O2S2. The van der Waals surface area contributed by atoms with Crippen LogP contribution in [0, 0.1) is 6.92 Å². The van der Waals surface area contributed by atoms with Crippen LogP contribution in [0.5, 0.6) is 0 Å². The average molecular weight is 329 g/mol. The lowest BCUT2D eigenvalue weighted by Gasteiger charge is -2.18. The summed E-state index contributed by atoms with van der Waals surface area (Å²) in [4.78, 5) is 1.12. The number of rotatable bonds is 9. The number of sulfonamides is 1. The predicted molar refractivity (Wildman–Crippen MR) is 88.2 cm³/mol. The van der Waals surface area contributed by atoms with Gasteiger partial charge in [-0.15, -0.1) is 17.9 Å². The molecule has 2 rings (SSSR count). The van der Waals surface area contributed by atoms with Gasteiger partial charge in [0.1, 0.15) is 4.21 Å². The van der Waals surface area contributed by atoms with E-state index in [1.165, 1.54) is 28.5 Å². The predicted octanol–water partition coefficient (Wildman–Crippen LogP) is 2.90. The summed E-state index contributed by atoms with van der Waals surface area (Å²) >= 11 is 1.39. The molecule has 1 fully saturated rings.